The number of rotatable bonds is 8. The van der Waals surface area contributed by atoms with E-state index in [2.05, 4.69) is 48.5 Å². The van der Waals surface area contributed by atoms with Gasteiger partial charge >= 0.3 is 0 Å². The van der Waals surface area contributed by atoms with Crippen LogP contribution in [0.15, 0.2) is 126 Å². The van der Waals surface area contributed by atoms with E-state index in [4.69, 9.17) is 23.2 Å². The SMILES string of the molecule is O=S(=O)(O)c1c(Cl)sc(Cl)c1P(C(c1ccccc1)c1ccccc1)C(c1ccccc1)c1ccccc1. The van der Waals surface area contributed by atoms with Crippen LogP contribution in [0.3, 0.4) is 0 Å². The van der Waals surface area contributed by atoms with E-state index >= 15 is 0 Å². The van der Waals surface area contributed by atoms with Gasteiger partial charge in [-0.1, -0.05) is 145 Å². The molecule has 0 unspecified atom stereocenters. The van der Waals surface area contributed by atoms with Crippen molar-refractivity contribution < 1.29 is 13.0 Å². The van der Waals surface area contributed by atoms with Gasteiger partial charge in [-0.25, -0.2) is 0 Å². The summed E-state index contributed by atoms with van der Waals surface area (Å²) in [6.45, 7) is 0. The highest BCUT2D eigenvalue weighted by molar-refractivity contribution is 7.87. The molecule has 0 aliphatic rings. The second kappa shape index (κ2) is 11.7. The summed E-state index contributed by atoms with van der Waals surface area (Å²) in [6.07, 6.45) is 0. The van der Waals surface area contributed by atoms with E-state index in [0.29, 0.717) is 5.30 Å². The van der Waals surface area contributed by atoms with Gasteiger partial charge in [0.15, 0.2) is 0 Å². The van der Waals surface area contributed by atoms with Gasteiger partial charge in [0.05, 0.1) is 0 Å². The van der Waals surface area contributed by atoms with Crippen molar-refractivity contribution in [1.82, 2.24) is 0 Å². The van der Waals surface area contributed by atoms with Crippen LogP contribution in [0.1, 0.15) is 33.6 Å². The summed E-state index contributed by atoms with van der Waals surface area (Å²) in [5.41, 5.74) is 3.54. The molecule has 0 amide bonds. The average Bonchev–Trinajstić information content (AvgIpc) is 3.24. The Balaban J connectivity index is 1.91. The topological polar surface area (TPSA) is 54.4 Å². The fraction of sp³-hybridized carbons (Fsp3) is 0.0667. The Morgan fingerprint density at radius 1 is 0.579 bits per heavy atom. The van der Waals surface area contributed by atoms with Crippen LogP contribution in [0, 0.1) is 0 Å². The maximum absolute atomic E-state index is 12.8. The standard InChI is InChI=1S/C30H23Cl2O3PS2/c31-29-27(28(30(32)37-29)38(33,34)35)36(25(21-13-5-1-6-14-21)22-15-7-2-8-16-22)26(23-17-9-3-10-18-23)24-19-11-4-12-20-24/h1-20,25-26H,(H,33,34,35). The lowest BCUT2D eigenvalue weighted by Gasteiger charge is -2.36. The monoisotopic (exact) mass is 596 g/mol. The van der Waals surface area contributed by atoms with Gasteiger partial charge in [-0.2, -0.15) is 8.42 Å². The minimum absolute atomic E-state index is 0.0419. The Kier molecular flexibility index (Phi) is 8.35. The molecule has 0 spiro atoms. The predicted molar refractivity (Wildman–Crippen MR) is 160 cm³/mol. The first kappa shape index (κ1) is 27.1. The lowest BCUT2D eigenvalue weighted by atomic mass is 10.0. The first-order chi connectivity index (χ1) is 18.4. The normalized spacial score (nSPS) is 11.9. The number of thiophene rings is 1. The molecule has 0 saturated carbocycles. The third kappa shape index (κ3) is 5.60. The Labute approximate surface area is 238 Å². The number of halogens is 2. The smallest absolute Gasteiger partial charge is 0.282 e. The fourth-order valence-electron chi connectivity index (χ4n) is 4.77. The highest BCUT2D eigenvalue weighted by Gasteiger charge is 2.41. The molecule has 8 heteroatoms. The van der Waals surface area contributed by atoms with Crippen molar-refractivity contribution in [3.63, 3.8) is 0 Å². The third-order valence-electron chi connectivity index (χ3n) is 6.29. The van der Waals surface area contributed by atoms with Crippen LogP contribution in [-0.2, 0) is 10.1 Å². The van der Waals surface area contributed by atoms with E-state index in [1.807, 2.05) is 72.8 Å². The molecular formula is C30H23Cl2O3PS2. The lowest BCUT2D eigenvalue weighted by molar-refractivity contribution is 0.484. The Bertz CT molecular complexity index is 1450. The van der Waals surface area contributed by atoms with Crippen LogP contribution < -0.4 is 5.30 Å². The largest absolute Gasteiger partial charge is 0.297 e. The molecule has 38 heavy (non-hydrogen) atoms. The highest BCUT2D eigenvalue weighted by Crippen LogP contribution is 2.67. The summed E-state index contributed by atoms with van der Waals surface area (Å²) < 4.78 is 36.3. The summed E-state index contributed by atoms with van der Waals surface area (Å²) in [6, 6.07) is 40.0. The summed E-state index contributed by atoms with van der Waals surface area (Å²) in [7, 11) is -6.19. The number of benzene rings is 4. The quantitative estimate of drug-likeness (QED) is 0.144. The summed E-state index contributed by atoms with van der Waals surface area (Å²) in [5.74, 6) is 0. The molecule has 0 bridgehead atoms. The van der Waals surface area contributed by atoms with Crippen LogP contribution >= 0.6 is 42.5 Å². The minimum Gasteiger partial charge on any atom is -0.282 e. The van der Waals surface area contributed by atoms with E-state index in [0.717, 1.165) is 33.6 Å². The van der Waals surface area contributed by atoms with Gasteiger partial charge in [0, 0.05) is 16.6 Å². The molecule has 5 rings (SSSR count). The van der Waals surface area contributed by atoms with Crippen LogP contribution in [0.4, 0.5) is 0 Å². The number of hydrogen-bond donors (Lipinski definition) is 1. The Hall–Kier alpha value is -2.50. The number of hydrogen-bond acceptors (Lipinski definition) is 3. The molecule has 5 aromatic rings. The lowest BCUT2D eigenvalue weighted by Crippen LogP contribution is -2.20. The van der Waals surface area contributed by atoms with Crippen molar-refractivity contribution in [1.29, 1.82) is 0 Å². The van der Waals surface area contributed by atoms with E-state index in [1.165, 1.54) is 0 Å². The molecule has 0 aliphatic heterocycles. The molecule has 192 valence electrons. The summed E-state index contributed by atoms with van der Waals surface area (Å²) in [4.78, 5) is -0.297. The van der Waals surface area contributed by atoms with Gasteiger partial charge in [0.1, 0.15) is 13.6 Å². The van der Waals surface area contributed by atoms with E-state index in [9.17, 15) is 13.0 Å². The average molecular weight is 598 g/mol. The van der Waals surface area contributed by atoms with Crippen molar-refractivity contribution in [2.75, 3.05) is 0 Å². The van der Waals surface area contributed by atoms with Gasteiger partial charge in [-0.15, -0.1) is 11.3 Å². The van der Waals surface area contributed by atoms with Gasteiger partial charge in [0.2, 0.25) is 0 Å². The highest BCUT2D eigenvalue weighted by atomic mass is 35.5. The predicted octanol–water partition coefficient (Wildman–Crippen LogP) is 8.99. The Morgan fingerprint density at radius 3 is 1.18 bits per heavy atom. The molecule has 1 aromatic heterocycles. The zero-order valence-electron chi connectivity index (χ0n) is 20.0. The molecular weight excluding hydrogens is 574 g/mol. The molecule has 1 heterocycles. The molecule has 0 radical (unpaired) electrons. The second-order valence-electron chi connectivity index (χ2n) is 8.66. The van der Waals surface area contributed by atoms with Crippen molar-refractivity contribution in [3.05, 3.63) is 152 Å². The van der Waals surface area contributed by atoms with Gasteiger partial charge in [-0.3, -0.25) is 4.55 Å². The van der Waals surface area contributed by atoms with Crippen LogP contribution in [0.25, 0.3) is 0 Å². The zero-order chi connectivity index (χ0) is 26.7. The molecule has 0 aliphatic carbocycles. The molecule has 3 nitrogen and oxygen atoms in total. The first-order valence-electron chi connectivity index (χ1n) is 11.8. The maximum Gasteiger partial charge on any atom is 0.297 e. The van der Waals surface area contributed by atoms with Crippen molar-refractivity contribution in [2.45, 2.75) is 16.2 Å². The van der Waals surface area contributed by atoms with E-state index < -0.39 is 18.0 Å². The summed E-state index contributed by atoms with van der Waals surface area (Å²) in [5, 5.41) is 0.384. The second-order valence-corrected chi connectivity index (χ2v) is 14.5. The van der Waals surface area contributed by atoms with Gasteiger partial charge in [-0.05, 0) is 30.2 Å². The fourth-order valence-corrected chi connectivity index (χ4v) is 12.4. The molecule has 0 fully saturated rings. The van der Waals surface area contributed by atoms with Crippen LogP contribution in [0.5, 0.6) is 0 Å². The molecule has 1 N–H and O–H groups in total. The maximum atomic E-state index is 12.8. The summed E-state index contributed by atoms with van der Waals surface area (Å²) >= 11 is 14.3. The molecule has 0 atom stereocenters. The Morgan fingerprint density at radius 2 is 0.895 bits per heavy atom. The van der Waals surface area contributed by atoms with E-state index in [1.54, 1.807) is 0 Å². The van der Waals surface area contributed by atoms with Crippen molar-refractivity contribution in [3.8, 4) is 0 Å². The minimum atomic E-state index is -4.67. The molecule has 0 saturated heterocycles. The first-order valence-corrected chi connectivity index (χ1v) is 16.3. The van der Waals surface area contributed by atoms with Crippen molar-refractivity contribution >= 4 is 57.9 Å². The van der Waals surface area contributed by atoms with Crippen LogP contribution in [0.2, 0.25) is 8.67 Å². The van der Waals surface area contributed by atoms with E-state index in [-0.39, 0.29) is 24.9 Å². The van der Waals surface area contributed by atoms with Crippen molar-refractivity contribution in [2.24, 2.45) is 0 Å². The third-order valence-corrected chi connectivity index (χ3v) is 12.8. The zero-order valence-corrected chi connectivity index (χ0v) is 24.0. The van der Waals surface area contributed by atoms with Gasteiger partial charge < -0.3 is 0 Å². The van der Waals surface area contributed by atoms with Crippen LogP contribution in [-0.4, -0.2) is 13.0 Å². The van der Waals surface area contributed by atoms with Gasteiger partial charge in [0.25, 0.3) is 10.1 Å². The molecule has 4 aromatic carbocycles.